The monoisotopic (exact) mass is 449 g/mol. The summed E-state index contributed by atoms with van der Waals surface area (Å²) in [6.45, 7) is 8.39. The molecule has 1 unspecified atom stereocenters. The minimum Gasteiger partial charge on any atom is -0.463 e. The van der Waals surface area contributed by atoms with Gasteiger partial charge in [-0.1, -0.05) is 0 Å². The van der Waals surface area contributed by atoms with Crippen LogP contribution in [0.4, 0.5) is 4.79 Å². The number of aryl methyl sites for hydroxylation is 1. The predicted molar refractivity (Wildman–Crippen MR) is 118 cm³/mol. The lowest BCUT2D eigenvalue weighted by Crippen LogP contribution is -2.44. The van der Waals surface area contributed by atoms with Gasteiger partial charge < -0.3 is 19.6 Å². The Morgan fingerprint density at radius 1 is 1.32 bits per heavy atom. The van der Waals surface area contributed by atoms with E-state index in [0.29, 0.717) is 49.0 Å². The van der Waals surface area contributed by atoms with Crippen molar-refractivity contribution in [1.82, 2.24) is 18.9 Å². The first-order valence-electron chi connectivity index (χ1n) is 10.4. The number of nitrogens with zero attached hydrogens (tertiary/aromatic N) is 5. The predicted octanol–water partition coefficient (Wildman–Crippen LogP) is 1.68. The molecule has 0 aromatic carbocycles. The number of fused-ring (bicyclic) bond motifs is 1. The Morgan fingerprint density at radius 2 is 2.03 bits per heavy atom. The number of guanidine groups is 1. The summed E-state index contributed by atoms with van der Waals surface area (Å²) < 4.78 is 8.53. The van der Waals surface area contributed by atoms with Crippen LogP contribution in [0.1, 0.15) is 36.8 Å². The molecule has 11 heteroatoms. The average molecular weight is 450 g/mol. The quantitative estimate of drug-likeness (QED) is 0.740. The molecule has 1 N–H and O–H groups in total. The highest BCUT2D eigenvalue weighted by Gasteiger charge is 2.29. The third-order valence-electron chi connectivity index (χ3n) is 5.90. The Labute approximate surface area is 183 Å². The first kappa shape index (κ1) is 21.6. The molecule has 2 aromatic heterocycles. The van der Waals surface area contributed by atoms with E-state index in [1.807, 2.05) is 25.7 Å². The molecule has 2 saturated heterocycles. The van der Waals surface area contributed by atoms with Crippen LogP contribution in [0.3, 0.4) is 0 Å². The normalized spacial score (nSPS) is 20.3. The van der Waals surface area contributed by atoms with Crippen molar-refractivity contribution in [3.05, 3.63) is 31.3 Å². The highest BCUT2D eigenvalue weighted by Crippen LogP contribution is 2.31. The van der Waals surface area contributed by atoms with Crippen LogP contribution < -0.4 is 11.2 Å². The second-order valence-corrected chi connectivity index (χ2v) is 9.40. The number of thiophene rings is 1. The van der Waals surface area contributed by atoms with Gasteiger partial charge in [0.05, 0.1) is 24.6 Å². The fourth-order valence-electron chi connectivity index (χ4n) is 4.09. The van der Waals surface area contributed by atoms with Crippen molar-refractivity contribution in [2.24, 2.45) is 4.99 Å². The minimum absolute atomic E-state index is 0.0218. The van der Waals surface area contributed by atoms with Crippen LogP contribution in [0.5, 0.6) is 0 Å². The molecule has 0 aliphatic carbocycles. The van der Waals surface area contributed by atoms with Gasteiger partial charge >= 0.3 is 11.8 Å². The molecule has 0 spiro atoms. The lowest BCUT2D eigenvalue weighted by atomic mass is 10.1. The summed E-state index contributed by atoms with van der Waals surface area (Å²) >= 11 is 1.42. The number of hydrogen-bond donors (Lipinski definition) is 1. The Bertz CT molecular complexity index is 1170. The molecule has 4 heterocycles. The molecule has 2 aromatic rings. The molecular weight excluding hydrogens is 422 g/mol. The fourth-order valence-corrected chi connectivity index (χ4v) is 5.40. The van der Waals surface area contributed by atoms with Gasteiger partial charge in [0.25, 0.3) is 5.56 Å². The van der Waals surface area contributed by atoms with Crippen molar-refractivity contribution < 1.29 is 14.6 Å². The Morgan fingerprint density at radius 3 is 2.61 bits per heavy atom. The van der Waals surface area contributed by atoms with Crippen LogP contribution in [0.15, 0.2) is 14.6 Å². The highest BCUT2D eigenvalue weighted by molar-refractivity contribution is 7.18. The largest absolute Gasteiger partial charge is 0.463 e. The molecule has 10 nitrogen and oxygen atoms in total. The van der Waals surface area contributed by atoms with Crippen LogP contribution >= 0.6 is 11.3 Å². The van der Waals surface area contributed by atoms with E-state index < -0.39 is 6.09 Å². The van der Waals surface area contributed by atoms with E-state index in [2.05, 4.69) is 4.99 Å². The van der Waals surface area contributed by atoms with Gasteiger partial charge in [0, 0.05) is 37.7 Å². The number of hydrogen-bond acceptors (Lipinski definition) is 5. The number of ether oxygens (including phenoxy) is 1. The van der Waals surface area contributed by atoms with Crippen molar-refractivity contribution in [2.45, 2.75) is 52.4 Å². The summed E-state index contributed by atoms with van der Waals surface area (Å²) in [6, 6.07) is -0.262. The van der Waals surface area contributed by atoms with E-state index in [4.69, 9.17) is 9.84 Å². The van der Waals surface area contributed by atoms with Crippen molar-refractivity contribution >= 4 is 33.6 Å². The van der Waals surface area contributed by atoms with Crippen LogP contribution in [-0.4, -0.2) is 68.9 Å². The number of carboxylic acid groups (broad SMARTS) is 1. The zero-order valence-corrected chi connectivity index (χ0v) is 18.9. The summed E-state index contributed by atoms with van der Waals surface area (Å²) in [5.74, 6) is 0.393. The van der Waals surface area contributed by atoms with Crippen LogP contribution in [0.25, 0.3) is 10.2 Å². The zero-order valence-electron chi connectivity index (χ0n) is 18.1. The van der Waals surface area contributed by atoms with Crippen molar-refractivity contribution in [3.8, 4) is 0 Å². The Balaban J connectivity index is 1.83. The summed E-state index contributed by atoms with van der Waals surface area (Å²) in [5.41, 5.74) is 0.232. The highest BCUT2D eigenvalue weighted by atomic mass is 32.1. The maximum atomic E-state index is 13.2. The molecule has 2 aliphatic heterocycles. The lowest BCUT2D eigenvalue weighted by Gasteiger charge is -2.27. The molecule has 0 saturated carbocycles. The first-order chi connectivity index (χ1) is 14.7. The molecule has 1 atom stereocenters. The van der Waals surface area contributed by atoms with Crippen LogP contribution in [0, 0.1) is 6.92 Å². The molecule has 168 valence electrons. The number of amides is 1. The molecule has 31 heavy (non-hydrogen) atoms. The van der Waals surface area contributed by atoms with Gasteiger partial charge in [-0.25, -0.2) is 9.59 Å². The van der Waals surface area contributed by atoms with E-state index >= 15 is 0 Å². The van der Waals surface area contributed by atoms with E-state index in [0.717, 1.165) is 16.9 Å². The zero-order chi connectivity index (χ0) is 22.4. The van der Waals surface area contributed by atoms with Gasteiger partial charge in [0.15, 0.2) is 0 Å². The first-order valence-corrected chi connectivity index (χ1v) is 11.2. The van der Waals surface area contributed by atoms with Gasteiger partial charge in [-0.3, -0.25) is 13.9 Å². The number of aliphatic imine (C=N–C) groups is 1. The van der Waals surface area contributed by atoms with Gasteiger partial charge in [0.2, 0.25) is 5.96 Å². The SMILES string of the molecule is Cc1c(CN2CCN(C)C2=NC(=O)O)sc2c1c(=O)n(C(C)C)c(=O)n2CC1CCO1. The maximum Gasteiger partial charge on any atom is 0.434 e. The molecule has 2 aliphatic rings. The number of likely N-dealkylation sites (N-methyl/N-ethyl adjacent to an activating group) is 1. The van der Waals surface area contributed by atoms with E-state index in [9.17, 15) is 14.4 Å². The van der Waals surface area contributed by atoms with Gasteiger partial charge in [-0.2, -0.15) is 0 Å². The fraction of sp³-hybridized carbons (Fsp3) is 0.600. The molecule has 0 radical (unpaired) electrons. The van der Waals surface area contributed by atoms with E-state index in [1.54, 1.807) is 16.5 Å². The maximum absolute atomic E-state index is 13.2. The molecule has 0 bridgehead atoms. The Hall–Kier alpha value is -2.66. The minimum atomic E-state index is -1.24. The second kappa shape index (κ2) is 8.12. The third kappa shape index (κ3) is 3.76. The van der Waals surface area contributed by atoms with Crippen molar-refractivity contribution in [3.63, 3.8) is 0 Å². The topological polar surface area (TPSA) is 109 Å². The number of carbonyl (C=O) groups is 1. The van der Waals surface area contributed by atoms with Crippen LogP contribution in [-0.2, 0) is 17.8 Å². The summed E-state index contributed by atoms with van der Waals surface area (Å²) in [6.07, 6.45) is -0.372. The summed E-state index contributed by atoms with van der Waals surface area (Å²) in [7, 11) is 1.80. The van der Waals surface area contributed by atoms with Gasteiger partial charge in [-0.05, 0) is 32.8 Å². The Kier molecular flexibility index (Phi) is 5.65. The molecular formula is C20H27N5O5S. The molecule has 1 amide bonds. The van der Waals surface area contributed by atoms with E-state index in [-0.39, 0.29) is 23.4 Å². The van der Waals surface area contributed by atoms with Gasteiger partial charge in [-0.15, -0.1) is 16.3 Å². The average Bonchev–Trinajstić information content (AvgIpc) is 3.14. The van der Waals surface area contributed by atoms with Crippen molar-refractivity contribution in [2.75, 3.05) is 26.7 Å². The summed E-state index contributed by atoms with van der Waals surface area (Å²) in [4.78, 5) is 46.5. The van der Waals surface area contributed by atoms with Crippen LogP contribution in [0.2, 0.25) is 0 Å². The van der Waals surface area contributed by atoms with Gasteiger partial charge in [0.1, 0.15) is 4.83 Å². The number of rotatable bonds is 5. The summed E-state index contributed by atoms with van der Waals surface area (Å²) in [5, 5.41) is 9.66. The van der Waals surface area contributed by atoms with E-state index in [1.165, 1.54) is 15.9 Å². The smallest absolute Gasteiger partial charge is 0.434 e. The third-order valence-corrected chi connectivity index (χ3v) is 7.20. The second-order valence-electron chi connectivity index (χ2n) is 8.31. The molecule has 4 rings (SSSR count). The lowest BCUT2D eigenvalue weighted by molar-refractivity contribution is -0.0593. The molecule has 2 fully saturated rings. The van der Waals surface area contributed by atoms with Crippen molar-refractivity contribution in [1.29, 1.82) is 0 Å². The standard InChI is InChI=1S/C20H27N5O5S/c1-11(2)25-16(26)15-12(3)14(10-23-7-6-22(4)18(23)21-19(27)28)31-17(15)24(20(25)29)9-13-5-8-30-13/h11,13H,5-10H2,1-4H3,(H,27,28). The number of aromatic nitrogens is 2.